The van der Waals surface area contributed by atoms with Crippen molar-refractivity contribution in [2.75, 3.05) is 9.33 Å². The standard InChI is InChI=1S/C23H24IN3O/c1-17(2)27(21(28)14-9-15-24)20-16-25-22(18-10-5-3-6-11-18)23(26-20)19-12-7-4-8-13-19/h3-8,10-13,16-17H,9,14-15H2,1-2H3. The molecule has 0 N–H and O–H groups in total. The lowest BCUT2D eigenvalue weighted by molar-refractivity contribution is -0.119. The Balaban J connectivity index is 2.10. The van der Waals surface area contributed by atoms with Gasteiger partial charge in [0.15, 0.2) is 5.82 Å². The summed E-state index contributed by atoms with van der Waals surface area (Å²) in [7, 11) is 0. The van der Waals surface area contributed by atoms with E-state index >= 15 is 0 Å². The molecule has 1 aromatic heterocycles. The lowest BCUT2D eigenvalue weighted by atomic mass is 10.0. The average molecular weight is 485 g/mol. The molecule has 4 nitrogen and oxygen atoms in total. The Morgan fingerprint density at radius 2 is 1.54 bits per heavy atom. The third kappa shape index (κ3) is 4.76. The fourth-order valence-electron chi connectivity index (χ4n) is 3.12. The van der Waals surface area contributed by atoms with Crippen molar-refractivity contribution in [2.24, 2.45) is 0 Å². The molecule has 0 radical (unpaired) electrons. The summed E-state index contributed by atoms with van der Waals surface area (Å²) in [5.41, 5.74) is 3.60. The maximum absolute atomic E-state index is 12.8. The number of anilines is 1. The molecular weight excluding hydrogens is 461 g/mol. The Hall–Kier alpha value is -2.28. The van der Waals surface area contributed by atoms with Crippen LogP contribution in [-0.2, 0) is 4.79 Å². The Bertz CT molecular complexity index is 914. The molecule has 0 bridgehead atoms. The number of carbonyl (C=O) groups is 1. The quantitative estimate of drug-likeness (QED) is 0.316. The summed E-state index contributed by atoms with van der Waals surface area (Å²) in [6, 6.07) is 20.1. The highest BCUT2D eigenvalue weighted by molar-refractivity contribution is 14.1. The van der Waals surface area contributed by atoms with Gasteiger partial charge in [-0.1, -0.05) is 83.3 Å². The number of halogens is 1. The van der Waals surface area contributed by atoms with E-state index in [9.17, 15) is 4.79 Å². The van der Waals surface area contributed by atoms with Crippen LogP contribution in [0.15, 0.2) is 66.9 Å². The Kier molecular flexibility index (Phi) is 7.14. The van der Waals surface area contributed by atoms with Gasteiger partial charge in [-0.15, -0.1) is 0 Å². The van der Waals surface area contributed by atoms with Gasteiger partial charge < -0.3 is 0 Å². The molecule has 144 valence electrons. The Morgan fingerprint density at radius 1 is 0.964 bits per heavy atom. The summed E-state index contributed by atoms with van der Waals surface area (Å²) in [5, 5.41) is 0. The molecule has 0 aliphatic carbocycles. The molecule has 3 rings (SSSR count). The van der Waals surface area contributed by atoms with E-state index in [1.807, 2.05) is 74.5 Å². The molecule has 0 saturated heterocycles. The molecule has 3 aromatic rings. The zero-order valence-corrected chi connectivity index (χ0v) is 18.3. The fraction of sp³-hybridized carbons (Fsp3) is 0.261. The second-order valence-electron chi connectivity index (χ2n) is 6.81. The van der Waals surface area contributed by atoms with Crippen molar-refractivity contribution >= 4 is 34.3 Å². The molecule has 0 spiro atoms. The number of carbonyl (C=O) groups excluding carboxylic acids is 1. The van der Waals surface area contributed by atoms with E-state index in [-0.39, 0.29) is 11.9 Å². The Labute approximate surface area is 180 Å². The summed E-state index contributed by atoms with van der Waals surface area (Å²) >= 11 is 2.30. The summed E-state index contributed by atoms with van der Waals surface area (Å²) in [4.78, 5) is 24.2. The number of hydrogen-bond acceptors (Lipinski definition) is 3. The maximum Gasteiger partial charge on any atom is 0.228 e. The number of nitrogens with zero attached hydrogens (tertiary/aromatic N) is 3. The maximum atomic E-state index is 12.8. The molecule has 0 atom stereocenters. The molecule has 0 aliphatic rings. The van der Waals surface area contributed by atoms with Crippen molar-refractivity contribution in [1.29, 1.82) is 0 Å². The van der Waals surface area contributed by atoms with Crippen LogP contribution in [0, 0.1) is 0 Å². The van der Waals surface area contributed by atoms with E-state index in [4.69, 9.17) is 9.97 Å². The van der Waals surface area contributed by atoms with Gasteiger partial charge in [0.05, 0.1) is 17.6 Å². The van der Waals surface area contributed by atoms with Crippen molar-refractivity contribution in [3.8, 4) is 22.5 Å². The lowest BCUT2D eigenvalue weighted by Crippen LogP contribution is -2.37. The number of amides is 1. The van der Waals surface area contributed by atoms with Crippen molar-refractivity contribution in [3.05, 3.63) is 66.9 Å². The largest absolute Gasteiger partial charge is 0.293 e. The first-order valence-corrected chi connectivity index (χ1v) is 11.0. The van der Waals surface area contributed by atoms with Crippen LogP contribution >= 0.6 is 22.6 Å². The van der Waals surface area contributed by atoms with Gasteiger partial charge in [-0.3, -0.25) is 14.7 Å². The minimum atomic E-state index is 0.0159. The van der Waals surface area contributed by atoms with Crippen LogP contribution in [0.2, 0.25) is 0 Å². The highest BCUT2D eigenvalue weighted by atomic mass is 127. The van der Waals surface area contributed by atoms with E-state index in [0.717, 1.165) is 33.4 Å². The average Bonchev–Trinajstić information content (AvgIpc) is 2.73. The number of hydrogen-bond donors (Lipinski definition) is 0. The normalized spacial score (nSPS) is 10.9. The van der Waals surface area contributed by atoms with Crippen LogP contribution in [0.5, 0.6) is 0 Å². The fourth-order valence-corrected chi connectivity index (χ4v) is 3.50. The van der Waals surface area contributed by atoms with E-state index in [2.05, 4.69) is 22.6 Å². The van der Waals surface area contributed by atoms with Gasteiger partial charge in [0.1, 0.15) is 0 Å². The summed E-state index contributed by atoms with van der Waals surface area (Å²) < 4.78 is 0.962. The summed E-state index contributed by atoms with van der Waals surface area (Å²) in [6.45, 7) is 4.02. The van der Waals surface area contributed by atoms with Crippen molar-refractivity contribution in [1.82, 2.24) is 9.97 Å². The molecule has 5 heteroatoms. The van der Waals surface area contributed by atoms with Crippen molar-refractivity contribution < 1.29 is 4.79 Å². The molecule has 1 heterocycles. The molecular formula is C23H24IN3O. The van der Waals surface area contributed by atoms with Gasteiger partial charge in [-0.25, -0.2) is 4.98 Å². The summed E-state index contributed by atoms with van der Waals surface area (Å²) in [6.07, 6.45) is 3.10. The lowest BCUT2D eigenvalue weighted by Gasteiger charge is -2.26. The molecule has 0 saturated carbocycles. The molecule has 28 heavy (non-hydrogen) atoms. The van der Waals surface area contributed by atoms with Crippen molar-refractivity contribution in [3.63, 3.8) is 0 Å². The zero-order chi connectivity index (χ0) is 19.9. The molecule has 0 aliphatic heterocycles. The highest BCUT2D eigenvalue weighted by Crippen LogP contribution is 2.31. The monoisotopic (exact) mass is 485 g/mol. The number of rotatable bonds is 7. The van der Waals surface area contributed by atoms with Crippen LogP contribution in [0.25, 0.3) is 22.5 Å². The van der Waals surface area contributed by atoms with Gasteiger partial charge in [0, 0.05) is 28.0 Å². The summed E-state index contributed by atoms with van der Waals surface area (Å²) in [5.74, 6) is 0.694. The van der Waals surface area contributed by atoms with Gasteiger partial charge in [-0.2, -0.15) is 0 Å². The van der Waals surface area contributed by atoms with Crippen molar-refractivity contribution in [2.45, 2.75) is 32.7 Å². The van der Waals surface area contributed by atoms with E-state index in [1.54, 1.807) is 11.1 Å². The molecule has 1 amide bonds. The van der Waals surface area contributed by atoms with Crippen LogP contribution in [0.1, 0.15) is 26.7 Å². The van der Waals surface area contributed by atoms with E-state index in [0.29, 0.717) is 12.2 Å². The smallest absolute Gasteiger partial charge is 0.228 e. The van der Waals surface area contributed by atoms with Gasteiger partial charge in [0.2, 0.25) is 5.91 Å². The topological polar surface area (TPSA) is 46.1 Å². The molecule has 0 unspecified atom stereocenters. The van der Waals surface area contributed by atoms with Gasteiger partial charge >= 0.3 is 0 Å². The number of benzene rings is 2. The number of aromatic nitrogens is 2. The first-order valence-electron chi connectivity index (χ1n) is 9.47. The third-order valence-corrected chi connectivity index (χ3v) is 5.17. The number of alkyl halides is 1. The van der Waals surface area contributed by atoms with Crippen LogP contribution in [-0.4, -0.2) is 26.3 Å². The van der Waals surface area contributed by atoms with Crippen LogP contribution in [0.3, 0.4) is 0 Å². The minimum absolute atomic E-state index is 0.0159. The first kappa shape index (κ1) is 20.5. The zero-order valence-electron chi connectivity index (χ0n) is 16.2. The SMILES string of the molecule is CC(C)N(C(=O)CCCI)c1cnc(-c2ccccc2)c(-c2ccccc2)n1. The first-order chi connectivity index (χ1) is 13.6. The highest BCUT2D eigenvalue weighted by Gasteiger charge is 2.22. The Morgan fingerprint density at radius 3 is 2.07 bits per heavy atom. The third-order valence-electron chi connectivity index (χ3n) is 4.41. The second kappa shape index (κ2) is 9.78. The molecule has 2 aromatic carbocycles. The van der Waals surface area contributed by atoms with Crippen LogP contribution in [0.4, 0.5) is 5.82 Å². The van der Waals surface area contributed by atoms with Gasteiger partial charge in [0.25, 0.3) is 0 Å². The van der Waals surface area contributed by atoms with E-state index in [1.165, 1.54) is 0 Å². The molecule has 0 fully saturated rings. The van der Waals surface area contributed by atoms with Crippen LogP contribution < -0.4 is 4.90 Å². The minimum Gasteiger partial charge on any atom is -0.293 e. The predicted octanol–water partition coefficient (Wildman–Crippen LogP) is 5.77. The predicted molar refractivity (Wildman–Crippen MR) is 124 cm³/mol. The van der Waals surface area contributed by atoms with Gasteiger partial charge in [-0.05, 0) is 20.3 Å². The van der Waals surface area contributed by atoms with E-state index < -0.39 is 0 Å². The second-order valence-corrected chi connectivity index (χ2v) is 7.89.